The summed E-state index contributed by atoms with van der Waals surface area (Å²) in [5, 5.41) is 11.1. The van der Waals surface area contributed by atoms with E-state index in [0.29, 0.717) is 19.5 Å². The van der Waals surface area contributed by atoms with E-state index in [2.05, 4.69) is 5.32 Å². The Morgan fingerprint density at radius 3 is 2.64 bits per heavy atom. The van der Waals surface area contributed by atoms with Crippen molar-refractivity contribution in [2.45, 2.75) is 6.42 Å². The maximum absolute atomic E-state index is 10.7. The van der Waals surface area contributed by atoms with Crippen LogP contribution in [0, 0.1) is 0 Å². The Hall–Kier alpha value is -0.610. The summed E-state index contributed by atoms with van der Waals surface area (Å²) in [6, 6.07) is 0. The molecule has 0 unspecified atom stereocenters. The van der Waals surface area contributed by atoms with Gasteiger partial charge in [-0.1, -0.05) is 0 Å². The first-order valence-electron chi connectivity index (χ1n) is 3.70. The molecule has 0 spiro atoms. The average molecular weight is 160 g/mol. The molecule has 2 N–H and O–H groups in total. The second-order valence-electron chi connectivity index (χ2n) is 2.45. The molecular weight excluding hydrogens is 144 g/mol. The Morgan fingerprint density at radius 1 is 1.55 bits per heavy atom. The molecule has 0 atom stereocenters. The molecule has 4 heteroatoms. The first kappa shape index (κ1) is 10.4. The summed E-state index contributed by atoms with van der Waals surface area (Å²) < 4.78 is 0. The van der Waals surface area contributed by atoms with Crippen molar-refractivity contribution in [2.75, 3.05) is 33.8 Å². The molecule has 0 heterocycles. The summed E-state index contributed by atoms with van der Waals surface area (Å²) in [5.74, 6) is 0.0368. The molecule has 66 valence electrons. The number of nitrogens with zero attached hydrogens (tertiary/aromatic N) is 1. The van der Waals surface area contributed by atoms with Crippen LogP contribution in [0.15, 0.2) is 0 Å². The fourth-order valence-electron chi connectivity index (χ4n) is 0.700. The summed E-state index contributed by atoms with van der Waals surface area (Å²) in [7, 11) is 3.49. The van der Waals surface area contributed by atoms with Gasteiger partial charge in [0, 0.05) is 26.6 Å². The second kappa shape index (κ2) is 6.12. The van der Waals surface area contributed by atoms with Crippen LogP contribution in [0.5, 0.6) is 0 Å². The molecular formula is C7H16N2O2. The lowest BCUT2D eigenvalue weighted by Crippen LogP contribution is -2.28. The Morgan fingerprint density at radius 2 is 2.18 bits per heavy atom. The van der Waals surface area contributed by atoms with Crippen LogP contribution in [-0.2, 0) is 4.79 Å². The predicted molar refractivity (Wildman–Crippen MR) is 43.3 cm³/mol. The van der Waals surface area contributed by atoms with Crippen molar-refractivity contribution < 1.29 is 9.90 Å². The van der Waals surface area contributed by atoms with E-state index in [4.69, 9.17) is 5.11 Å². The van der Waals surface area contributed by atoms with E-state index in [9.17, 15) is 4.79 Å². The van der Waals surface area contributed by atoms with Crippen LogP contribution in [0.1, 0.15) is 6.42 Å². The Bertz CT molecular complexity index is 117. The number of carbonyl (C=O) groups is 1. The highest BCUT2D eigenvalue weighted by Crippen LogP contribution is 1.85. The predicted octanol–water partition coefficient (Wildman–Crippen LogP) is -0.953. The van der Waals surface area contributed by atoms with E-state index in [1.807, 2.05) is 11.9 Å². The maximum Gasteiger partial charge on any atom is 0.221 e. The molecule has 0 fully saturated rings. The maximum atomic E-state index is 10.7. The van der Waals surface area contributed by atoms with Gasteiger partial charge in [0.1, 0.15) is 0 Å². The van der Waals surface area contributed by atoms with Gasteiger partial charge in [-0.15, -0.1) is 0 Å². The second-order valence-corrected chi connectivity index (χ2v) is 2.45. The van der Waals surface area contributed by atoms with E-state index >= 15 is 0 Å². The Balaban J connectivity index is 3.29. The van der Waals surface area contributed by atoms with Gasteiger partial charge >= 0.3 is 0 Å². The smallest absolute Gasteiger partial charge is 0.221 e. The average Bonchev–Trinajstić information content (AvgIpc) is 2.01. The van der Waals surface area contributed by atoms with Crippen LogP contribution in [-0.4, -0.2) is 49.7 Å². The number of likely N-dealkylation sites (N-methyl/N-ethyl adjacent to an activating group) is 1. The largest absolute Gasteiger partial charge is 0.395 e. The van der Waals surface area contributed by atoms with Crippen LogP contribution in [0.4, 0.5) is 0 Å². The van der Waals surface area contributed by atoms with E-state index in [0.717, 1.165) is 0 Å². The van der Waals surface area contributed by atoms with Gasteiger partial charge in [0.2, 0.25) is 5.91 Å². The zero-order valence-corrected chi connectivity index (χ0v) is 7.13. The van der Waals surface area contributed by atoms with E-state index < -0.39 is 0 Å². The molecule has 0 saturated heterocycles. The fourth-order valence-corrected chi connectivity index (χ4v) is 0.700. The molecule has 0 rings (SSSR count). The molecule has 11 heavy (non-hydrogen) atoms. The molecule has 0 aromatic heterocycles. The molecule has 0 bridgehead atoms. The summed E-state index contributed by atoms with van der Waals surface area (Å²) in [5.41, 5.74) is 0. The van der Waals surface area contributed by atoms with Gasteiger partial charge in [-0.3, -0.25) is 4.79 Å². The van der Waals surface area contributed by atoms with Crippen molar-refractivity contribution in [2.24, 2.45) is 0 Å². The Labute approximate surface area is 67.2 Å². The third kappa shape index (κ3) is 5.82. The lowest BCUT2D eigenvalue weighted by atomic mass is 10.4. The highest BCUT2D eigenvalue weighted by Gasteiger charge is 2.00. The van der Waals surface area contributed by atoms with Crippen molar-refractivity contribution in [3.05, 3.63) is 0 Å². The molecule has 0 aliphatic carbocycles. The number of amides is 1. The number of hydrogen-bond donors (Lipinski definition) is 2. The van der Waals surface area contributed by atoms with Gasteiger partial charge in [-0.2, -0.15) is 0 Å². The highest BCUT2D eigenvalue weighted by atomic mass is 16.3. The molecule has 0 aliphatic heterocycles. The van der Waals surface area contributed by atoms with Gasteiger partial charge in [-0.05, 0) is 7.05 Å². The number of carbonyl (C=O) groups excluding carboxylic acids is 1. The summed E-state index contributed by atoms with van der Waals surface area (Å²) in [6.07, 6.45) is 0.493. The Kier molecular flexibility index (Phi) is 5.78. The minimum Gasteiger partial charge on any atom is -0.395 e. The minimum atomic E-state index is 0.0368. The van der Waals surface area contributed by atoms with Crippen LogP contribution >= 0.6 is 0 Å². The molecule has 0 aromatic carbocycles. The van der Waals surface area contributed by atoms with Crippen molar-refractivity contribution in [1.29, 1.82) is 0 Å². The van der Waals surface area contributed by atoms with Crippen LogP contribution in [0.25, 0.3) is 0 Å². The monoisotopic (exact) mass is 160 g/mol. The summed E-state index contributed by atoms with van der Waals surface area (Å²) in [4.78, 5) is 12.6. The van der Waals surface area contributed by atoms with Crippen molar-refractivity contribution in [3.63, 3.8) is 0 Å². The lowest BCUT2D eigenvalue weighted by Gasteiger charge is -2.13. The normalized spacial score (nSPS) is 10.2. The van der Waals surface area contributed by atoms with E-state index in [-0.39, 0.29) is 12.5 Å². The third-order valence-corrected chi connectivity index (χ3v) is 1.48. The van der Waals surface area contributed by atoms with Gasteiger partial charge in [-0.25, -0.2) is 0 Å². The zero-order valence-electron chi connectivity index (χ0n) is 7.13. The SMILES string of the molecule is CNC(=O)CCN(C)CCO. The first-order chi connectivity index (χ1) is 5.20. The lowest BCUT2D eigenvalue weighted by molar-refractivity contribution is -0.120. The molecule has 0 aromatic rings. The van der Waals surface area contributed by atoms with Crippen LogP contribution < -0.4 is 5.32 Å². The molecule has 4 nitrogen and oxygen atoms in total. The van der Waals surface area contributed by atoms with Crippen molar-refractivity contribution in [1.82, 2.24) is 10.2 Å². The fraction of sp³-hybridized carbons (Fsp3) is 0.857. The molecule has 1 amide bonds. The number of aliphatic hydroxyl groups excluding tert-OH is 1. The first-order valence-corrected chi connectivity index (χ1v) is 3.70. The van der Waals surface area contributed by atoms with E-state index in [1.54, 1.807) is 7.05 Å². The number of aliphatic hydroxyl groups is 1. The topological polar surface area (TPSA) is 52.6 Å². The van der Waals surface area contributed by atoms with Gasteiger partial charge in [0.25, 0.3) is 0 Å². The number of hydrogen-bond acceptors (Lipinski definition) is 3. The summed E-state index contributed by atoms with van der Waals surface area (Å²) >= 11 is 0. The van der Waals surface area contributed by atoms with Crippen LogP contribution in [0.2, 0.25) is 0 Å². The highest BCUT2D eigenvalue weighted by molar-refractivity contribution is 5.75. The molecule has 0 aliphatic rings. The van der Waals surface area contributed by atoms with Crippen molar-refractivity contribution >= 4 is 5.91 Å². The quantitative estimate of drug-likeness (QED) is 0.545. The number of nitrogens with one attached hydrogen (secondary N) is 1. The number of rotatable bonds is 5. The van der Waals surface area contributed by atoms with Crippen LogP contribution in [0.3, 0.4) is 0 Å². The summed E-state index contributed by atoms with van der Waals surface area (Å²) in [6.45, 7) is 1.46. The molecule has 0 saturated carbocycles. The zero-order chi connectivity index (χ0) is 8.69. The van der Waals surface area contributed by atoms with E-state index in [1.165, 1.54) is 0 Å². The van der Waals surface area contributed by atoms with Crippen molar-refractivity contribution in [3.8, 4) is 0 Å². The van der Waals surface area contributed by atoms with Gasteiger partial charge in [0.05, 0.1) is 6.61 Å². The standard InChI is InChI=1S/C7H16N2O2/c1-8-7(11)3-4-9(2)5-6-10/h10H,3-6H2,1-2H3,(H,8,11). The van der Waals surface area contributed by atoms with Gasteiger partial charge < -0.3 is 15.3 Å². The van der Waals surface area contributed by atoms with Gasteiger partial charge in [0.15, 0.2) is 0 Å². The third-order valence-electron chi connectivity index (χ3n) is 1.48. The minimum absolute atomic E-state index is 0.0368. The molecule has 0 radical (unpaired) electrons.